The minimum absolute atomic E-state index is 0.132. The number of nitrogens with one attached hydrogen (secondary N) is 1. The number of benzene rings is 2. The highest BCUT2D eigenvalue weighted by Crippen LogP contribution is 2.33. The Balaban J connectivity index is 1.65. The Kier molecular flexibility index (Phi) is 7.43. The quantitative estimate of drug-likeness (QED) is 0.343. The van der Waals surface area contributed by atoms with E-state index in [0.717, 1.165) is 39.1 Å². The fraction of sp³-hybridized carbons (Fsp3) is 0.321. The second kappa shape index (κ2) is 10.7. The number of carbonyl (C=O) groups excluding carboxylic acids is 1. The first kappa shape index (κ1) is 25.0. The highest BCUT2D eigenvalue weighted by molar-refractivity contribution is 5.93. The van der Waals surface area contributed by atoms with E-state index in [0.29, 0.717) is 36.1 Å². The molecule has 0 bridgehead atoms. The topological polar surface area (TPSA) is 87.5 Å². The Morgan fingerprint density at radius 3 is 2.53 bits per heavy atom. The lowest BCUT2D eigenvalue weighted by atomic mass is 10.0. The first-order chi connectivity index (χ1) is 17.4. The fourth-order valence-corrected chi connectivity index (χ4v) is 4.40. The summed E-state index contributed by atoms with van der Waals surface area (Å²) in [6, 6.07) is 13.4. The lowest BCUT2D eigenvalue weighted by Gasteiger charge is -2.15. The number of anilines is 1. The second-order valence-electron chi connectivity index (χ2n) is 8.55. The molecule has 0 fully saturated rings. The largest absolute Gasteiger partial charge is 0.497 e. The Labute approximate surface area is 211 Å². The number of pyridine rings is 1. The van der Waals surface area contributed by atoms with E-state index in [9.17, 15) is 4.79 Å². The molecule has 2 aromatic carbocycles. The van der Waals surface area contributed by atoms with Crippen molar-refractivity contribution in [2.75, 3.05) is 26.1 Å². The third kappa shape index (κ3) is 4.84. The standard InChI is InChI=1S/C28H32N4O4/c1-7-36-28-21(13-15-25(33)29-22-14-12-20(34-5)16-24(22)35-6)18(3)26-19(4)31-32(27(26)30-28)23-11-9-8-10-17(23)2/h8-12,14,16H,7,13,15H2,1-6H3,(H,29,33). The molecule has 0 radical (unpaired) electrons. The second-order valence-corrected chi connectivity index (χ2v) is 8.55. The molecule has 0 saturated carbocycles. The maximum atomic E-state index is 12.9. The molecule has 4 aromatic rings. The van der Waals surface area contributed by atoms with Gasteiger partial charge >= 0.3 is 0 Å². The zero-order valence-corrected chi connectivity index (χ0v) is 21.6. The molecule has 0 saturated heterocycles. The van der Waals surface area contributed by atoms with Crippen LogP contribution >= 0.6 is 0 Å². The van der Waals surface area contributed by atoms with Crippen molar-refractivity contribution in [3.05, 3.63) is 64.8 Å². The number of para-hydroxylation sites is 1. The minimum atomic E-state index is -0.132. The zero-order valence-electron chi connectivity index (χ0n) is 21.6. The van der Waals surface area contributed by atoms with Crippen LogP contribution in [0.3, 0.4) is 0 Å². The molecule has 2 heterocycles. The van der Waals surface area contributed by atoms with Crippen molar-refractivity contribution in [1.29, 1.82) is 0 Å². The number of fused-ring (bicyclic) bond motifs is 1. The molecule has 4 rings (SSSR count). The van der Waals surface area contributed by atoms with Gasteiger partial charge in [0.05, 0.1) is 37.9 Å². The first-order valence-corrected chi connectivity index (χ1v) is 12.0. The summed E-state index contributed by atoms with van der Waals surface area (Å²) in [5.74, 6) is 1.60. The van der Waals surface area contributed by atoms with Gasteiger partial charge in [-0.3, -0.25) is 4.79 Å². The van der Waals surface area contributed by atoms with E-state index in [1.807, 2.05) is 43.7 Å². The molecule has 188 valence electrons. The van der Waals surface area contributed by atoms with Gasteiger partial charge in [-0.25, -0.2) is 4.68 Å². The van der Waals surface area contributed by atoms with Crippen molar-refractivity contribution in [2.45, 2.75) is 40.5 Å². The van der Waals surface area contributed by atoms with Crippen molar-refractivity contribution < 1.29 is 19.0 Å². The third-order valence-corrected chi connectivity index (χ3v) is 6.24. The molecule has 1 amide bonds. The average molecular weight is 489 g/mol. The monoisotopic (exact) mass is 488 g/mol. The molecule has 0 atom stereocenters. The van der Waals surface area contributed by atoms with Gasteiger partial charge in [0, 0.05) is 23.4 Å². The maximum absolute atomic E-state index is 12.9. The number of ether oxygens (including phenoxy) is 3. The summed E-state index contributed by atoms with van der Waals surface area (Å²) in [4.78, 5) is 17.8. The summed E-state index contributed by atoms with van der Waals surface area (Å²) in [7, 11) is 3.14. The number of aromatic nitrogens is 3. The van der Waals surface area contributed by atoms with Gasteiger partial charge in [-0.15, -0.1) is 0 Å². The van der Waals surface area contributed by atoms with Gasteiger partial charge in [0.15, 0.2) is 5.65 Å². The maximum Gasteiger partial charge on any atom is 0.224 e. The van der Waals surface area contributed by atoms with Crippen LogP contribution in [0.2, 0.25) is 0 Å². The first-order valence-electron chi connectivity index (χ1n) is 12.0. The average Bonchev–Trinajstić information content (AvgIpc) is 3.20. The molecule has 0 unspecified atom stereocenters. The number of nitrogens with zero attached hydrogens (tertiary/aromatic N) is 3. The number of rotatable bonds is 9. The van der Waals surface area contributed by atoms with Gasteiger partial charge in [-0.2, -0.15) is 10.1 Å². The Hall–Kier alpha value is -4.07. The van der Waals surface area contributed by atoms with E-state index in [-0.39, 0.29) is 12.3 Å². The fourth-order valence-electron chi connectivity index (χ4n) is 4.40. The van der Waals surface area contributed by atoms with Crippen molar-refractivity contribution in [1.82, 2.24) is 14.8 Å². The summed E-state index contributed by atoms with van der Waals surface area (Å²) in [6.07, 6.45) is 0.734. The molecule has 2 aromatic heterocycles. The van der Waals surface area contributed by atoms with Crippen molar-refractivity contribution in [2.24, 2.45) is 0 Å². The predicted molar refractivity (Wildman–Crippen MR) is 141 cm³/mol. The van der Waals surface area contributed by atoms with E-state index in [1.54, 1.807) is 32.4 Å². The van der Waals surface area contributed by atoms with Gasteiger partial charge in [-0.05, 0) is 63.4 Å². The van der Waals surface area contributed by atoms with Crippen LogP contribution in [0.15, 0.2) is 42.5 Å². The van der Waals surface area contributed by atoms with Crippen LogP contribution in [0.1, 0.15) is 35.7 Å². The number of methoxy groups -OCH3 is 2. The number of hydrogen-bond acceptors (Lipinski definition) is 6. The van der Waals surface area contributed by atoms with E-state index in [2.05, 4.69) is 18.3 Å². The highest BCUT2D eigenvalue weighted by atomic mass is 16.5. The molecule has 8 heteroatoms. The van der Waals surface area contributed by atoms with Crippen LogP contribution in [0.4, 0.5) is 5.69 Å². The molecule has 1 N–H and O–H groups in total. The van der Waals surface area contributed by atoms with Crippen LogP contribution in [0.5, 0.6) is 17.4 Å². The van der Waals surface area contributed by atoms with Crippen LogP contribution < -0.4 is 19.5 Å². The number of amides is 1. The molecule has 8 nitrogen and oxygen atoms in total. The summed E-state index contributed by atoms with van der Waals surface area (Å²) < 4.78 is 18.5. The third-order valence-electron chi connectivity index (χ3n) is 6.24. The highest BCUT2D eigenvalue weighted by Gasteiger charge is 2.21. The number of carbonyl (C=O) groups is 1. The lowest BCUT2D eigenvalue weighted by Crippen LogP contribution is -2.14. The summed E-state index contributed by atoms with van der Waals surface area (Å²) in [5.41, 5.74) is 6.24. The van der Waals surface area contributed by atoms with E-state index < -0.39 is 0 Å². The van der Waals surface area contributed by atoms with Crippen LogP contribution in [-0.2, 0) is 11.2 Å². The van der Waals surface area contributed by atoms with Crippen molar-refractivity contribution in [3.63, 3.8) is 0 Å². The SMILES string of the molecule is CCOc1nc2c(c(C)nn2-c2ccccc2C)c(C)c1CCC(=O)Nc1ccc(OC)cc1OC. The lowest BCUT2D eigenvalue weighted by molar-refractivity contribution is -0.116. The normalized spacial score (nSPS) is 10.9. The van der Waals surface area contributed by atoms with Gasteiger partial charge in [0.2, 0.25) is 11.8 Å². The number of hydrogen-bond donors (Lipinski definition) is 1. The van der Waals surface area contributed by atoms with E-state index in [4.69, 9.17) is 24.3 Å². The van der Waals surface area contributed by atoms with Crippen molar-refractivity contribution >= 4 is 22.6 Å². The Morgan fingerprint density at radius 1 is 1.06 bits per heavy atom. The van der Waals surface area contributed by atoms with Crippen molar-refractivity contribution in [3.8, 4) is 23.1 Å². The summed E-state index contributed by atoms with van der Waals surface area (Å²) >= 11 is 0. The summed E-state index contributed by atoms with van der Waals surface area (Å²) in [6.45, 7) is 8.48. The molecule has 36 heavy (non-hydrogen) atoms. The van der Waals surface area contributed by atoms with Gasteiger partial charge in [0.1, 0.15) is 11.5 Å². The summed E-state index contributed by atoms with van der Waals surface area (Å²) in [5, 5.41) is 8.72. The van der Waals surface area contributed by atoms with Crippen LogP contribution in [0.25, 0.3) is 16.7 Å². The zero-order chi connectivity index (χ0) is 25.8. The smallest absolute Gasteiger partial charge is 0.224 e. The van der Waals surface area contributed by atoms with Crippen LogP contribution in [0, 0.1) is 20.8 Å². The van der Waals surface area contributed by atoms with Crippen LogP contribution in [-0.4, -0.2) is 41.5 Å². The molecular formula is C28H32N4O4. The minimum Gasteiger partial charge on any atom is -0.497 e. The van der Waals surface area contributed by atoms with E-state index in [1.165, 1.54) is 0 Å². The number of aryl methyl sites for hydroxylation is 3. The molecular weight excluding hydrogens is 456 g/mol. The molecule has 0 aliphatic carbocycles. The van der Waals surface area contributed by atoms with Gasteiger partial charge in [-0.1, -0.05) is 18.2 Å². The Morgan fingerprint density at radius 2 is 1.83 bits per heavy atom. The van der Waals surface area contributed by atoms with Gasteiger partial charge in [0.25, 0.3) is 0 Å². The predicted octanol–water partition coefficient (Wildman–Crippen LogP) is 5.33. The molecule has 0 aliphatic rings. The Bertz CT molecular complexity index is 1410. The molecule has 0 spiro atoms. The molecule has 0 aliphatic heterocycles. The van der Waals surface area contributed by atoms with E-state index >= 15 is 0 Å². The van der Waals surface area contributed by atoms with Gasteiger partial charge < -0.3 is 19.5 Å².